The van der Waals surface area contributed by atoms with E-state index in [1.165, 1.54) is 0 Å². The van der Waals surface area contributed by atoms with Gasteiger partial charge in [-0.15, -0.1) is 36.5 Å². The minimum Gasteiger partial charge on any atom is -0.278 e. The molecule has 0 aliphatic carbocycles. The van der Waals surface area contributed by atoms with E-state index in [1.807, 2.05) is 0 Å². The Morgan fingerprint density at radius 3 is 1.06 bits per heavy atom. The van der Waals surface area contributed by atoms with Crippen LogP contribution in [0.15, 0.2) is 0 Å². The van der Waals surface area contributed by atoms with Crippen LogP contribution in [0.2, 0.25) is 0 Å². The molecule has 0 atom stereocenters. The van der Waals surface area contributed by atoms with Crippen LogP contribution >= 0.6 is 0 Å². The molecule has 0 radical (unpaired) electrons. The number of carbonyl (C=O) groups is 2. The summed E-state index contributed by atoms with van der Waals surface area (Å²) in [5, 5.41) is 11.6. The lowest BCUT2D eigenvalue weighted by Gasteiger charge is -2.20. The van der Waals surface area contributed by atoms with Crippen molar-refractivity contribution in [3.8, 4) is 0 Å². The molecule has 0 aromatic carbocycles. The molecular weight excluding hydrogens is 254 g/mol. The van der Waals surface area contributed by atoms with Gasteiger partial charge in [0.25, 0.3) is 0 Å². The molecule has 12 heteroatoms. The molecular formula is C4H2F6N2O4. The second-order valence-electron chi connectivity index (χ2n) is 2.17. The Hall–Kier alpha value is -1.56. The van der Waals surface area contributed by atoms with Crippen molar-refractivity contribution in [3.63, 3.8) is 0 Å². The summed E-state index contributed by atoms with van der Waals surface area (Å²) in [6.45, 7) is 0. The van der Waals surface area contributed by atoms with Gasteiger partial charge in [-0.3, -0.25) is 20.0 Å². The van der Waals surface area contributed by atoms with Gasteiger partial charge in [-0.25, -0.2) is 0 Å². The third-order valence-corrected chi connectivity index (χ3v) is 1.05. The van der Waals surface area contributed by atoms with Crippen molar-refractivity contribution >= 4 is 11.8 Å². The van der Waals surface area contributed by atoms with Crippen LogP contribution in [0.1, 0.15) is 0 Å². The second kappa shape index (κ2) is 4.13. The van der Waals surface area contributed by atoms with Crippen molar-refractivity contribution in [2.24, 2.45) is 0 Å². The number of alkyl halides is 6. The van der Waals surface area contributed by atoms with E-state index in [-0.39, 0.29) is 0 Å². The Kier molecular flexibility index (Phi) is 3.73. The normalized spacial score (nSPS) is 12.2. The molecule has 0 saturated carbocycles. The van der Waals surface area contributed by atoms with Gasteiger partial charge in [0.15, 0.2) is 0 Å². The third-order valence-electron chi connectivity index (χ3n) is 1.05. The lowest BCUT2D eigenvalue weighted by molar-refractivity contribution is -0.345. The summed E-state index contributed by atoms with van der Waals surface area (Å²) in [5.74, 6) is -6.01. The summed E-state index contributed by atoms with van der Waals surface area (Å²) in [4.78, 5) is 20.6. The zero-order valence-corrected chi connectivity index (χ0v) is 6.87. The van der Waals surface area contributed by atoms with Crippen LogP contribution in [-0.4, -0.2) is 45.0 Å². The fourth-order valence-electron chi connectivity index (χ4n) is 0.411. The Balaban J connectivity index is 4.84. The summed E-state index contributed by atoms with van der Waals surface area (Å²) in [6, 6.07) is 0. The molecule has 0 unspecified atom stereocenters. The van der Waals surface area contributed by atoms with Gasteiger partial charge in [0.2, 0.25) is 0 Å². The largest absolute Gasteiger partial charge is 0.511 e. The molecule has 16 heavy (non-hydrogen) atoms. The first kappa shape index (κ1) is 14.4. The van der Waals surface area contributed by atoms with Crippen LogP contribution in [0.5, 0.6) is 0 Å². The molecule has 94 valence electrons. The fourth-order valence-corrected chi connectivity index (χ4v) is 0.411. The maximum atomic E-state index is 11.5. The lowest BCUT2D eigenvalue weighted by Crippen LogP contribution is -2.52. The van der Waals surface area contributed by atoms with E-state index in [4.69, 9.17) is 10.4 Å². The Morgan fingerprint density at radius 2 is 0.938 bits per heavy atom. The van der Waals surface area contributed by atoms with Crippen molar-refractivity contribution < 1.29 is 46.3 Å². The molecule has 0 aromatic rings. The highest BCUT2D eigenvalue weighted by Crippen LogP contribution is 2.22. The zero-order chi connectivity index (χ0) is 13.3. The van der Waals surface area contributed by atoms with Gasteiger partial charge >= 0.3 is 24.4 Å². The number of hydrogen-bond acceptors (Lipinski definition) is 4. The molecule has 6 nitrogen and oxygen atoms in total. The first-order chi connectivity index (χ1) is 6.89. The van der Waals surface area contributed by atoms with Gasteiger partial charge in [0.05, 0.1) is 0 Å². The fraction of sp³-hybridized carbons (Fsp3) is 0.500. The smallest absolute Gasteiger partial charge is 0.278 e. The maximum absolute atomic E-state index is 11.5. The van der Waals surface area contributed by atoms with Gasteiger partial charge < -0.3 is 0 Å². The van der Waals surface area contributed by atoms with Gasteiger partial charge in [0, 0.05) is 0 Å². The van der Waals surface area contributed by atoms with E-state index in [9.17, 15) is 35.9 Å². The van der Waals surface area contributed by atoms with Crippen LogP contribution in [-0.2, 0) is 9.59 Å². The van der Waals surface area contributed by atoms with Crippen LogP contribution in [0.25, 0.3) is 0 Å². The lowest BCUT2D eigenvalue weighted by atomic mass is 10.5. The molecule has 2 N–H and O–H groups in total. The molecule has 0 heterocycles. The van der Waals surface area contributed by atoms with E-state index in [0.717, 1.165) is 0 Å². The molecule has 2 amide bonds. The monoisotopic (exact) mass is 256 g/mol. The molecule has 0 saturated heterocycles. The molecule has 0 spiro atoms. The summed E-state index contributed by atoms with van der Waals surface area (Å²) >= 11 is 0. The van der Waals surface area contributed by atoms with Gasteiger partial charge in [0.1, 0.15) is 0 Å². The van der Waals surface area contributed by atoms with Crippen LogP contribution in [0.3, 0.4) is 0 Å². The average Bonchev–Trinajstić information content (AvgIpc) is 2.10. The summed E-state index contributed by atoms with van der Waals surface area (Å²) in [7, 11) is 0. The number of rotatable bonds is 0. The van der Waals surface area contributed by atoms with E-state index in [1.54, 1.807) is 0 Å². The van der Waals surface area contributed by atoms with Crippen LogP contribution in [0, 0.1) is 0 Å². The minimum atomic E-state index is -5.76. The minimum absolute atomic E-state index is 2.19. The van der Waals surface area contributed by atoms with E-state index in [0.29, 0.717) is 0 Å². The zero-order valence-electron chi connectivity index (χ0n) is 6.87. The van der Waals surface area contributed by atoms with Crippen molar-refractivity contribution in [1.29, 1.82) is 0 Å². The Bertz CT molecular complexity index is 268. The van der Waals surface area contributed by atoms with E-state index < -0.39 is 34.5 Å². The summed E-state index contributed by atoms with van der Waals surface area (Å²) < 4.78 is 69.2. The predicted molar refractivity (Wildman–Crippen MR) is 29.4 cm³/mol. The Morgan fingerprint density at radius 1 is 0.750 bits per heavy atom. The topological polar surface area (TPSA) is 81.1 Å². The molecule has 0 bridgehead atoms. The number of hydroxylamine groups is 4. The highest BCUT2D eigenvalue weighted by molar-refractivity contribution is 6.34. The number of hydrogen-bond donors (Lipinski definition) is 2. The molecule has 0 aliphatic rings. The molecule has 0 aromatic heterocycles. The van der Waals surface area contributed by atoms with E-state index >= 15 is 0 Å². The van der Waals surface area contributed by atoms with Gasteiger partial charge in [-0.05, 0) is 0 Å². The van der Waals surface area contributed by atoms with Gasteiger partial charge in [-0.2, -0.15) is 0 Å². The first-order valence-electron chi connectivity index (χ1n) is 3.09. The highest BCUT2D eigenvalue weighted by atomic mass is 19.4. The maximum Gasteiger partial charge on any atom is 0.511 e. The highest BCUT2D eigenvalue weighted by Gasteiger charge is 2.49. The SMILES string of the molecule is O=C(C(=O)N(O)C(F)(F)F)N(O)C(F)(F)F. The van der Waals surface area contributed by atoms with Crippen LogP contribution in [0.4, 0.5) is 26.3 Å². The van der Waals surface area contributed by atoms with Crippen molar-refractivity contribution in [3.05, 3.63) is 0 Å². The van der Waals surface area contributed by atoms with Crippen molar-refractivity contribution in [2.45, 2.75) is 12.6 Å². The number of carbonyl (C=O) groups excluding carboxylic acids is 2. The van der Waals surface area contributed by atoms with E-state index in [2.05, 4.69) is 0 Å². The average molecular weight is 256 g/mol. The number of nitrogens with zero attached hydrogens (tertiary/aromatic N) is 2. The Labute approximate surface area is 82.2 Å². The van der Waals surface area contributed by atoms with Crippen molar-refractivity contribution in [1.82, 2.24) is 10.1 Å². The third kappa shape index (κ3) is 3.23. The quantitative estimate of drug-likeness (QED) is 0.217. The molecule has 0 fully saturated rings. The number of amides is 2. The summed E-state index contributed by atoms with van der Waals surface area (Å²) in [6.07, 6.45) is -11.5. The molecule has 0 rings (SSSR count). The molecule has 0 aliphatic heterocycles. The number of halogens is 6. The standard InChI is InChI=1S/C4H2F6N2O4/c5-3(6,7)11(15)1(13)2(14)12(16)4(8,9)10/h15-16H. The van der Waals surface area contributed by atoms with Gasteiger partial charge in [-0.1, -0.05) is 0 Å². The first-order valence-corrected chi connectivity index (χ1v) is 3.09. The second-order valence-corrected chi connectivity index (χ2v) is 2.17. The van der Waals surface area contributed by atoms with Crippen LogP contribution < -0.4 is 0 Å². The summed E-state index contributed by atoms with van der Waals surface area (Å²) in [5.41, 5.74) is 0. The predicted octanol–water partition coefficient (Wildman–Crippen LogP) is 0.462. The van der Waals surface area contributed by atoms with Crippen molar-refractivity contribution in [2.75, 3.05) is 0 Å².